The molecule has 3 aromatic rings. The summed E-state index contributed by atoms with van der Waals surface area (Å²) in [6.45, 7) is 3.91. The van der Waals surface area contributed by atoms with Crippen molar-refractivity contribution >= 4 is 23.5 Å². The molecule has 0 atom stereocenters. The van der Waals surface area contributed by atoms with Crippen LogP contribution in [0.15, 0.2) is 65.7 Å². The van der Waals surface area contributed by atoms with Gasteiger partial charge in [-0.1, -0.05) is 42.5 Å². The van der Waals surface area contributed by atoms with Crippen molar-refractivity contribution < 1.29 is 4.79 Å². The van der Waals surface area contributed by atoms with Crippen LogP contribution >= 0.6 is 0 Å². The van der Waals surface area contributed by atoms with E-state index in [0.29, 0.717) is 11.9 Å². The number of nitrogens with one attached hydrogen (secondary N) is 1. The van der Waals surface area contributed by atoms with Gasteiger partial charge in [0.2, 0.25) is 11.9 Å². The van der Waals surface area contributed by atoms with Crippen molar-refractivity contribution in [2.75, 3.05) is 16.8 Å². The Labute approximate surface area is 157 Å². The molecule has 1 aliphatic heterocycles. The van der Waals surface area contributed by atoms with Gasteiger partial charge in [0.15, 0.2) is 0 Å². The Morgan fingerprint density at radius 1 is 0.889 bits per heavy atom. The van der Waals surface area contributed by atoms with Crippen LogP contribution in [0.3, 0.4) is 0 Å². The number of rotatable bonds is 3. The predicted molar refractivity (Wildman–Crippen MR) is 107 cm³/mol. The molecule has 1 aromatic heterocycles. The highest BCUT2D eigenvalue weighted by molar-refractivity contribution is 6.24. The number of hydrogen-bond donors (Lipinski definition) is 1. The maximum Gasteiger partial charge on any atom is 0.255 e. The maximum absolute atomic E-state index is 12.4. The highest BCUT2D eigenvalue weighted by Gasteiger charge is 2.27. The number of hydrogen-bond acceptors (Lipinski definition) is 5. The summed E-state index contributed by atoms with van der Waals surface area (Å²) in [6, 6.07) is 19.9. The van der Waals surface area contributed by atoms with Gasteiger partial charge in [0.1, 0.15) is 6.54 Å². The molecule has 27 heavy (non-hydrogen) atoms. The second-order valence-corrected chi connectivity index (χ2v) is 6.38. The molecule has 0 saturated heterocycles. The molecule has 4 rings (SSSR count). The third-order valence-electron chi connectivity index (χ3n) is 4.26. The van der Waals surface area contributed by atoms with Gasteiger partial charge in [-0.2, -0.15) is 0 Å². The number of benzene rings is 2. The summed E-state index contributed by atoms with van der Waals surface area (Å²) in [7, 11) is 0. The van der Waals surface area contributed by atoms with Crippen LogP contribution in [-0.4, -0.2) is 28.4 Å². The van der Waals surface area contributed by atoms with E-state index in [1.807, 2.05) is 62.4 Å². The Morgan fingerprint density at radius 2 is 1.52 bits per heavy atom. The minimum atomic E-state index is -0.0886. The maximum atomic E-state index is 12.4. The lowest BCUT2D eigenvalue weighted by Crippen LogP contribution is -2.37. The van der Waals surface area contributed by atoms with Crippen molar-refractivity contribution in [1.29, 1.82) is 0 Å². The molecule has 0 unspecified atom stereocenters. The average molecular weight is 357 g/mol. The molecule has 1 N–H and O–H groups in total. The molecule has 6 heteroatoms. The number of carbonyl (C=O) groups is 1. The Bertz CT molecular complexity index is 992. The largest absolute Gasteiger partial charge is 0.294 e. The molecule has 0 bridgehead atoms. The van der Waals surface area contributed by atoms with Crippen molar-refractivity contribution in [3.05, 3.63) is 72.1 Å². The summed E-state index contributed by atoms with van der Waals surface area (Å²) in [5, 5.41) is 3.08. The van der Waals surface area contributed by atoms with Crippen molar-refractivity contribution in [1.82, 2.24) is 9.97 Å². The van der Waals surface area contributed by atoms with Crippen LogP contribution in [0.1, 0.15) is 11.4 Å². The zero-order valence-corrected chi connectivity index (χ0v) is 15.2. The van der Waals surface area contributed by atoms with Gasteiger partial charge < -0.3 is 0 Å². The van der Waals surface area contributed by atoms with E-state index in [1.165, 1.54) is 0 Å². The van der Waals surface area contributed by atoms with E-state index in [2.05, 4.69) is 32.4 Å². The first-order valence-corrected chi connectivity index (χ1v) is 8.72. The van der Waals surface area contributed by atoms with Gasteiger partial charge in [0, 0.05) is 11.4 Å². The molecular formula is C21H19N5O. The van der Waals surface area contributed by atoms with Crippen molar-refractivity contribution in [3.8, 4) is 11.1 Å². The number of guanidine groups is 1. The Balaban J connectivity index is 1.59. The highest BCUT2D eigenvalue weighted by Crippen LogP contribution is 2.25. The molecular weight excluding hydrogens is 338 g/mol. The minimum absolute atomic E-state index is 0.0886. The van der Waals surface area contributed by atoms with Crippen LogP contribution in [0.5, 0.6) is 0 Å². The van der Waals surface area contributed by atoms with E-state index in [1.54, 1.807) is 4.90 Å². The van der Waals surface area contributed by atoms with Gasteiger partial charge in [-0.25, -0.2) is 19.9 Å². The molecule has 1 aliphatic rings. The fraction of sp³-hybridized carbons (Fsp3) is 0.143. The molecule has 0 spiro atoms. The normalized spacial score (nSPS) is 13.6. The predicted octanol–water partition coefficient (Wildman–Crippen LogP) is 3.58. The molecule has 0 aliphatic carbocycles. The van der Waals surface area contributed by atoms with Gasteiger partial charge >= 0.3 is 0 Å². The number of aliphatic imine (C=N–C) groups is 1. The van der Waals surface area contributed by atoms with Gasteiger partial charge in [-0.15, -0.1) is 0 Å². The lowest BCUT2D eigenvalue weighted by atomic mass is 10.1. The summed E-state index contributed by atoms with van der Waals surface area (Å²) in [4.78, 5) is 27.0. The number of carbonyl (C=O) groups excluding carboxylic acids is 1. The third-order valence-corrected chi connectivity index (χ3v) is 4.26. The molecule has 0 radical (unpaired) electrons. The van der Waals surface area contributed by atoms with E-state index in [9.17, 15) is 4.79 Å². The first-order valence-electron chi connectivity index (χ1n) is 8.72. The number of aromatic nitrogens is 2. The van der Waals surface area contributed by atoms with Crippen LogP contribution in [0.4, 0.5) is 11.6 Å². The van der Waals surface area contributed by atoms with Crippen molar-refractivity contribution in [3.63, 3.8) is 0 Å². The first-order chi connectivity index (χ1) is 13.1. The molecule has 2 aromatic carbocycles. The summed E-state index contributed by atoms with van der Waals surface area (Å²) in [6.07, 6.45) is 0. The molecule has 0 fully saturated rings. The third kappa shape index (κ3) is 3.55. The van der Waals surface area contributed by atoms with Gasteiger partial charge in [-0.3, -0.25) is 10.1 Å². The van der Waals surface area contributed by atoms with Crippen LogP contribution < -0.4 is 10.2 Å². The Hall–Kier alpha value is -3.54. The fourth-order valence-corrected chi connectivity index (χ4v) is 3.08. The average Bonchev–Trinajstić information content (AvgIpc) is 3.02. The number of aryl methyl sites for hydroxylation is 2. The van der Waals surface area contributed by atoms with Gasteiger partial charge in [0.05, 0.1) is 5.69 Å². The van der Waals surface area contributed by atoms with Gasteiger partial charge in [-0.05, 0) is 43.2 Å². The van der Waals surface area contributed by atoms with E-state index < -0.39 is 0 Å². The standard InChI is InChI=1S/C21H19N5O/c1-14-12-15(2)24-20(23-14)25-21-22-13-19(27)26(21)18-10-8-17(9-11-18)16-6-4-3-5-7-16/h3-12H,13H2,1-2H3,(H,22,23,24,25). The van der Waals surface area contributed by atoms with Crippen molar-refractivity contribution in [2.45, 2.75) is 13.8 Å². The smallest absolute Gasteiger partial charge is 0.255 e. The summed E-state index contributed by atoms with van der Waals surface area (Å²) in [5.41, 5.74) is 4.69. The number of anilines is 2. The van der Waals surface area contributed by atoms with E-state index in [0.717, 1.165) is 28.2 Å². The molecule has 134 valence electrons. The van der Waals surface area contributed by atoms with E-state index >= 15 is 0 Å². The second-order valence-electron chi connectivity index (χ2n) is 6.38. The quantitative estimate of drug-likeness (QED) is 0.778. The number of nitrogens with zero attached hydrogens (tertiary/aromatic N) is 4. The van der Waals surface area contributed by atoms with Crippen LogP contribution in [0, 0.1) is 13.8 Å². The van der Waals surface area contributed by atoms with Crippen LogP contribution in [-0.2, 0) is 4.79 Å². The molecule has 0 saturated carbocycles. The van der Waals surface area contributed by atoms with Gasteiger partial charge in [0.25, 0.3) is 5.91 Å². The first kappa shape index (κ1) is 16.9. The molecule has 6 nitrogen and oxygen atoms in total. The highest BCUT2D eigenvalue weighted by atomic mass is 16.2. The monoisotopic (exact) mass is 357 g/mol. The Morgan fingerprint density at radius 3 is 2.19 bits per heavy atom. The molecule has 1 amide bonds. The number of amides is 1. The summed E-state index contributed by atoms with van der Waals surface area (Å²) < 4.78 is 0. The van der Waals surface area contributed by atoms with E-state index in [-0.39, 0.29) is 12.5 Å². The van der Waals surface area contributed by atoms with Crippen LogP contribution in [0.2, 0.25) is 0 Å². The summed E-state index contributed by atoms with van der Waals surface area (Å²) >= 11 is 0. The molecule has 2 heterocycles. The topological polar surface area (TPSA) is 70.5 Å². The lowest BCUT2D eigenvalue weighted by Gasteiger charge is -2.19. The van der Waals surface area contributed by atoms with Crippen molar-refractivity contribution in [2.24, 2.45) is 4.99 Å². The fourth-order valence-electron chi connectivity index (χ4n) is 3.08. The second kappa shape index (κ2) is 6.99. The van der Waals surface area contributed by atoms with E-state index in [4.69, 9.17) is 0 Å². The zero-order chi connectivity index (χ0) is 18.8. The SMILES string of the molecule is Cc1cc(C)nc(NC2=NCC(=O)N2c2ccc(-c3ccccc3)cc2)n1. The minimum Gasteiger partial charge on any atom is -0.294 e. The van der Waals surface area contributed by atoms with Crippen LogP contribution in [0.25, 0.3) is 11.1 Å². The summed E-state index contributed by atoms with van der Waals surface area (Å²) in [5.74, 6) is 0.790. The lowest BCUT2D eigenvalue weighted by molar-refractivity contribution is -0.115. The Kier molecular flexibility index (Phi) is 4.38. The zero-order valence-electron chi connectivity index (χ0n) is 15.2.